The fourth-order valence-electron chi connectivity index (χ4n) is 1.42. The topological polar surface area (TPSA) is 84.5 Å². The van der Waals surface area contributed by atoms with Gasteiger partial charge < -0.3 is 15.8 Å². The van der Waals surface area contributed by atoms with Gasteiger partial charge in [-0.1, -0.05) is 23.2 Å². The summed E-state index contributed by atoms with van der Waals surface area (Å²) in [5.74, 6) is -0.247. The van der Waals surface area contributed by atoms with E-state index in [0.29, 0.717) is 21.3 Å². The van der Waals surface area contributed by atoms with Crippen molar-refractivity contribution < 1.29 is 10.4 Å². The van der Waals surface area contributed by atoms with Crippen molar-refractivity contribution in [1.82, 2.24) is 0 Å². The lowest BCUT2D eigenvalue weighted by Crippen LogP contribution is -2.76. The summed E-state index contributed by atoms with van der Waals surface area (Å²) in [6.07, 6.45) is 0. The summed E-state index contributed by atoms with van der Waals surface area (Å²) >= 11 is 11.7. The number of hydrogen-bond donors (Lipinski definition) is 4. The number of aliphatic hydroxyl groups excluding tert-OH is 1. The van der Waals surface area contributed by atoms with Gasteiger partial charge in [0.05, 0.1) is 22.8 Å². The lowest BCUT2D eigenvalue weighted by Gasteiger charge is -2.08. The maximum absolute atomic E-state index is 9.97. The van der Waals surface area contributed by atoms with Gasteiger partial charge in [-0.25, -0.2) is 0 Å². The van der Waals surface area contributed by atoms with Gasteiger partial charge in [-0.3, -0.25) is 5.41 Å². The third-order valence-corrected chi connectivity index (χ3v) is 3.13. The Balaban J connectivity index is 3.32. The summed E-state index contributed by atoms with van der Waals surface area (Å²) in [6, 6.07) is 4.94. The highest BCUT2D eigenvalue weighted by Crippen LogP contribution is 2.25. The van der Waals surface area contributed by atoms with Crippen LogP contribution in [0.2, 0.25) is 10.0 Å². The van der Waals surface area contributed by atoms with Crippen LogP contribution in [0.5, 0.6) is 0 Å². The molecule has 1 aromatic rings. The van der Waals surface area contributed by atoms with Gasteiger partial charge in [-0.2, -0.15) is 0 Å². The van der Waals surface area contributed by atoms with Crippen LogP contribution in [0.4, 0.5) is 0 Å². The number of halogens is 2. The number of hydrogen-bond acceptors (Lipinski definition) is 3. The molecule has 0 aliphatic carbocycles. The van der Waals surface area contributed by atoms with E-state index in [1.807, 2.05) is 0 Å². The van der Waals surface area contributed by atoms with E-state index in [1.165, 1.54) is 6.92 Å². The molecule has 6 heteroatoms. The number of rotatable bonds is 4. The fourth-order valence-corrected chi connectivity index (χ4v) is 1.71. The average molecular weight is 287 g/mol. The van der Waals surface area contributed by atoms with E-state index < -0.39 is 0 Å². The Bertz CT molecular complexity index is 538. The summed E-state index contributed by atoms with van der Waals surface area (Å²) in [5.41, 5.74) is 0.877. The number of aliphatic hydroxyl groups is 1. The van der Waals surface area contributed by atoms with Crippen molar-refractivity contribution in [3.63, 3.8) is 0 Å². The second-order valence-electron chi connectivity index (χ2n) is 3.68. The first-order valence-corrected chi connectivity index (χ1v) is 5.96. The monoisotopic (exact) mass is 286 g/mol. The Morgan fingerprint density at radius 3 is 2.28 bits per heavy atom. The highest BCUT2D eigenvalue weighted by atomic mass is 35.5. The zero-order chi connectivity index (χ0) is 13.9. The molecular formula is C12H14Cl2N3O+. The molecule has 0 heterocycles. The molecule has 0 bridgehead atoms. The molecule has 96 valence electrons. The van der Waals surface area contributed by atoms with Crippen molar-refractivity contribution in [1.29, 1.82) is 10.8 Å². The molecule has 18 heavy (non-hydrogen) atoms. The van der Waals surface area contributed by atoms with Gasteiger partial charge in [0.2, 0.25) is 5.76 Å². The quantitative estimate of drug-likeness (QED) is 0.498. The zero-order valence-electron chi connectivity index (χ0n) is 10.0. The molecule has 0 aliphatic rings. The SMILES string of the molecule is C[NH2+]/C(=C(/O)C(=N)C(C)=N)c1ccc(Cl)c(Cl)c1. The van der Waals surface area contributed by atoms with E-state index in [-0.39, 0.29) is 17.2 Å². The molecule has 4 nitrogen and oxygen atoms in total. The van der Waals surface area contributed by atoms with Gasteiger partial charge in [0, 0.05) is 5.56 Å². The molecule has 0 amide bonds. The molecule has 0 aromatic heterocycles. The molecule has 0 saturated carbocycles. The third-order valence-electron chi connectivity index (χ3n) is 2.39. The Morgan fingerprint density at radius 1 is 1.22 bits per heavy atom. The van der Waals surface area contributed by atoms with E-state index in [4.69, 9.17) is 34.0 Å². The first kappa shape index (κ1) is 14.7. The van der Waals surface area contributed by atoms with Crippen LogP contribution in [0.3, 0.4) is 0 Å². The molecule has 0 atom stereocenters. The minimum Gasteiger partial charge on any atom is -0.501 e. The third kappa shape index (κ3) is 3.10. The van der Waals surface area contributed by atoms with E-state index in [1.54, 1.807) is 30.6 Å². The molecule has 0 fully saturated rings. The minimum absolute atomic E-state index is 0.00749. The number of nitrogens with one attached hydrogen (secondary N) is 2. The van der Waals surface area contributed by atoms with Crippen LogP contribution >= 0.6 is 23.2 Å². The van der Waals surface area contributed by atoms with Crippen LogP contribution in [-0.2, 0) is 0 Å². The zero-order valence-corrected chi connectivity index (χ0v) is 11.5. The summed E-state index contributed by atoms with van der Waals surface area (Å²) < 4.78 is 0. The Hall–Kier alpha value is -1.36. The maximum Gasteiger partial charge on any atom is 0.205 e. The van der Waals surface area contributed by atoms with Gasteiger partial charge >= 0.3 is 0 Å². The molecule has 1 aromatic carbocycles. The summed E-state index contributed by atoms with van der Waals surface area (Å²) in [7, 11) is 1.74. The second kappa shape index (κ2) is 6.00. The molecule has 0 spiro atoms. The molecule has 0 unspecified atom stereocenters. The van der Waals surface area contributed by atoms with E-state index in [2.05, 4.69) is 0 Å². The lowest BCUT2D eigenvalue weighted by atomic mass is 10.1. The van der Waals surface area contributed by atoms with Crippen LogP contribution in [0, 0.1) is 10.8 Å². The average Bonchev–Trinajstić information content (AvgIpc) is 2.33. The van der Waals surface area contributed by atoms with Crippen molar-refractivity contribution in [2.45, 2.75) is 6.92 Å². The molecule has 0 aliphatic heterocycles. The summed E-state index contributed by atoms with van der Waals surface area (Å²) in [6.45, 7) is 1.45. The van der Waals surface area contributed by atoms with Crippen LogP contribution in [0.25, 0.3) is 5.70 Å². The maximum atomic E-state index is 9.97. The first-order chi connectivity index (χ1) is 8.38. The van der Waals surface area contributed by atoms with Crippen LogP contribution in [0.15, 0.2) is 24.0 Å². The molecule has 0 radical (unpaired) electrons. The smallest absolute Gasteiger partial charge is 0.205 e. The van der Waals surface area contributed by atoms with Crippen molar-refractivity contribution in [2.75, 3.05) is 7.05 Å². The van der Waals surface area contributed by atoms with E-state index >= 15 is 0 Å². The minimum atomic E-state index is -0.247. The lowest BCUT2D eigenvalue weighted by molar-refractivity contribution is -0.531. The Kier molecular flexibility index (Phi) is 4.90. The predicted molar refractivity (Wildman–Crippen MR) is 75.0 cm³/mol. The molecule has 0 saturated heterocycles. The van der Waals surface area contributed by atoms with Crippen LogP contribution in [0.1, 0.15) is 12.5 Å². The van der Waals surface area contributed by atoms with Gasteiger partial charge in [0.1, 0.15) is 5.71 Å². The Labute approximate surface area is 115 Å². The highest BCUT2D eigenvalue weighted by Gasteiger charge is 2.17. The van der Waals surface area contributed by atoms with Crippen molar-refractivity contribution >= 4 is 40.3 Å². The number of nitrogens with two attached hydrogens (primary N) is 1. The van der Waals surface area contributed by atoms with Crippen LogP contribution < -0.4 is 5.32 Å². The van der Waals surface area contributed by atoms with Crippen LogP contribution in [-0.4, -0.2) is 23.6 Å². The molecule has 1 rings (SSSR count). The first-order valence-electron chi connectivity index (χ1n) is 5.21. The van der Waals surface area contributed by atoms with E-state index in [0.717, 1.165) is 0 Å². The van der Waals surface area contributed by atoms with Gasteiger partial charge in [0.25, 0.3) is 0 Å². The standard InChI is InChI=1S/C12H13Cl2N3O/c1-6(15)10(16)12(18)11(17-2)7-3-4-8(13)9(14)5-7/h3-5,15-18H,1-2H3/p+1/b12-11+,15-6?,16-10?. The number of allylic oxidation sites excluding steroid dienone is 1. The van der Waals surface area contributed by atoms with E-state index in [9.17, 15) is 5.11 Å². The largest absolute Gasteiger partial charge is 0.501 e. The number of quaternary nitrogens is 1. The fraction of sp³-hybridized carbons (Fsp3) is 0.167. The normalized spacial score (nSPS) is 12.0. The molecular weight excluding hydrogens is 273 g/mol. The highest BCUT2D eigenvalue weighted by molar-refractivity contribution is 6.45. The second-order valence-corrected chi connectivity index (χ2v) is 4.49. The van der Waals surface area contributed by atoms with Crippen molar-refractivity contribution in [2.24, 2.45) is 0 Å². The number of benzene rings is 1. The van der Waals surface area contributed by atoms with Crippen molar-refractivity contribution in [3.8, 4) is 0 Å². The predicted octanol–water partition coefficient (Wildman–Crippen LogP) is 2.47. The van der Waals surface area contributed by atoms with Crippen molar-refractivity contribution in [3.05, 3.63) is 39.6 Å². The van der Waals surface area contributed by atoms with Gasteiger partial charge in [-0.05, 0) is 25.1 Å². The molecule has 5 N–H and O–H groups in total. The van der Waals surface area contributed by atoms with Gasteiger partial charge in [0.15, 0.2) is 5.70 Å². The Morgan fingerprint density at radius 2 is 1.83 bits per heavy atom. The summed E-state index contributed by atoms with van der Waals surface area (Å²) in [5, 5.41) is 27.4. The van der Waals surface area contributed by atoms with Gasteiger partial charge in [-0.15, -0.1) is 0 Å². The summed E-state index contributed by atoms with van der Waals surface area (Å²) in [4.78, 5) is 0.